The highest BCUT2D eigenvalue weighted by atomic mass is 16.5. The average molecular weight is 453 g/mol. The van der Waals surface area contributed by atoms with Gasteiger partial charge >= 0.3 is 0 Å². The second-order valence-corrected chi connectivity index (χ2v) is 8.04. The fourth-order valence-corrected chi connectivity index (χ4v) is 3.94. The van der Waals surface area contributed by atoms with Crippen LogP contribution in [0.15, 0.2) is 52.9 Å². The van der Waals surface area contributed by atoms with Crippen LogP contribution in [0.25, 0.3) is 11.5 Å². The van der Waals surface area contributed by atoms with Gasteiger partial charge < -0.3 is 23.9 Å². The maximum absolute atomic E-state index is 10.5. The van der Waals surface area contributed by atoms with E-state index in [-0.39, 0.29) is 6.61 Å². The summed E-state index contributed by atoms with van der Waals surface area (Å²) in [6.45, 7) is 8.96. The highest BCUT2D eigenvalue weighted by Gasteiger charge is 2.21. The van der Waals surface area contributed by atoms with Gasteiger partial charge in [-0.1, -0.05) is 25.1 Å². The number of aryl methyl sites for hydroxylation is 1. The molecule has 2 aromatic carbocycles. The number of hydrogen-bond acceptors (Lipinski definition) is 8. The molecule has 176 valence electrons. The minimum Gasteiger partial charge on any atom is -0.492 e. The lowest BCUT2D eigenvalue weighted by molar-refractivity contribution is 0.0663. The molecule has 2 heterocycles. The molecule has 1 saturated heterocycles. The first-order valence-corrected chi connectivity index (χ1v) is 11.6. The molecule has 33 heavy (non-hydrogen) atoms. The van der Waals surface area contributed by atoms with Gasteiger partial charge in [-0.2, -0.15) is 0 Å². The summed E-state index contributed by atoms with van der Waals surface area (Å²) >= 11 is 0. The average Bonchev–Trinajstić information content (AvgIpc) is 3.34. The van der Waals surface area contributed by atoms with Gasteiger partial charge in [0.15, 0.2) is 0 Å². The largest absolute Gasteiger partial charge is 0.492 e. The van der Waals surface area contributed by atoms with E-state index in [0.29, 0.717) is 37.1 Å². The lowest BCUT2D eigenvalue weighted by Gasteiger charge is -2.37. The number of nitrogens with zero attached hydrogens (tertiary/aromatic N) is 4. The van der Waals surface area contributed by atoms with Crippen molar-refractivity contribution < 1.29 is 19.0 Å². The molecule has 1 unspecified atom stereocenters. The van der Waals surface area contributed by atoms with Crippen molar-refractivity contribution in [1.29, 1.82) is 0 Å². The number of para-hydroxylation sites is 2. The van der Waals surface area contributed by atoms with Crippen LogP contribution in [0, 0.1) is 0 Å². The summed E-state index contributed by atoms with van der Waals surface area (Å²) in [5.41, 5.74) is 1.94. The highest BCUT2D eigenvalue weighted by molar-refractivity contribution is 5.58. The van der Waals surface area contributed by atoms with Crippen LogP contribution in [-0.4, -0.2) is 72.2 Å². The number of aromatic nitrogens is 2. The second-order valence-electron chi connectivity index (χ2n) is 8.04. The molecule has 0 amide bonds. The summed E-state index contributed by atoms with van der Waals surface area (Å²) in [5.74, 6) is 2.67. The molecule has 0 radical (unpaired) electrons. The van der Waals surface area contributed by atoms with Crippen molar-refractivity contribution in [2.75, 3.05) is 50.8 Å². The number of piperazine rings is 1. The van der Waals surface area contributed by atoms with Gasteiger partial charge in [0, 0.05) is 44.7 Å². The zero-order valence-corrected chi connectivity index (χ0v) is 19.3. The topological polar surface area (TPSA) is 84.1 Å². The Morgan fingerprint density at radius 2 is 1.82 bits per heavy atom. The van der Waals surface area contributed by atoms with E-state index < -0.39 is 6.10 Å². The predicted molar refractivity (Wildman–Crippen MR) is 127 cm³/mol. The van der Waals surface area contributed by atoms with Crippen LogP contribution >= 0.6 is 0 Å². The van der Waals surface area contributed by atoms with Gasteiger partial charge in [-0.3, -0.25) is 4.90 Å². The number of benzene rings is 2. The number of hydrogen-bond donors (Lipinski definition) is 1. The lowest BCUT2D eigenvalue weighted by atomic mass is 10.2. The van der Waals surface area contributed by atoms with E-state index >= 15 is 0 Å². The van der Waals surface area contributed by atoms with E-state index in [2.05, 4.69) is 26.1 Å². The molecule has 1 aliphatic heterocycles. The fourth-order valence-electron chi connectivity index (χ4n) is 3.94. The molecule has 1 aliphatic rings. The first-order valence-electron chi connectivity index (χ1n) is 11.6. The summed E-state index contributed by atoms with van der Waals surface area (Å²) in [6.07, 6.45) is 0.119. The molecule has 0 saturated carbocycles. The van der Waals surface area contributed by atoms with Gasteiger partial charge in [0.05, 0.1) is 12.3 Å². The van der Waals surface area contributed by atoms with Gasteiger partial charge in [-0.15, -0.1) is 10.2 Å². The normalized spacial score (nSPS) is 15.4. The first kappa shape index (κ1) is 23.1. The Morgan fingerprint density at radius 1 is 1.00 bits per heavy atom. The Bertz CT molecular complexity index is 1020. The molecule has 0 bridgehead atoms. The number of β-amino-alcohol motifs (C(OH)–C–C–N with tert-alkyl or cyclic N) is 1. The molecule has 8 heteroatoms. The van der Waals surface area contributed by atoms with Crippen LogP contribution in [-0.2, 0) is 6.42 Å². The zero-order chi connectivity index (χ0) is 23.0. The van der Waals surface area contributed by atoms with Crippen molar-refractivity contribution in [1.82, 2.24) is 15.1 Å². The molecule has 0 aliphatic carbocycles. The van der Waals surface area contributed by atoms with Gasteiger partial charge in [0.1, 0.15) is 24.2 Å². The predicted octanol–water partition coefficient (Wildman–Crippen LogP) is 3.26. The van der Waals surface area contributed by atoms with Gasteiger partial charge in [-0.25, -0.2) is 0 Å². The van der Waals surface area contributed by atoms with Crippen molar-refractivity contribution in [3.63, 3.8) is 0 Å². The third kappa shape index (κ3) is 6.03. The van der Waals surface area contributed by atoms with Crippen LogP contribution in [0.1, 0.15) is 19.7 Å². The Labute approximate surface area is 194 Å². The Kier molecular flexibility index (Phi) is 7.80. The lowest BCUT2D eigenvalue weighted by Crippen LogP contribution is -2.49. The van der Waals surface area contributed by atoms with Crippen LogP contribution in [0.2, 0.25) is 0 Å². The number of aliphatic hydroxyl groups excluding tert-OH is 1. The Morgan fingerprint density at radius 3 is 2.58 bits per heavy atom. The van der Waals surface area contributed by atoms with Crippen molar-refractivity contribution in [3.05, 3.63) is 54.4 Å². The zero-order valence-electron chi connectivity index (χ0n) is 19.3. The Hall–Kier alpha value is -3.10. The number of anilines is 1. The van der Waals surface area contributed by atoms with Gasteiger partial charge in [-0.05, 0) is 37.3 Å². The van der Waals surface area contributed by atoms with Gasteiger partial charge in [0.2, 0.25) is 11.8 Å². The van der Waals surface area contributed by atoms with Crippen LogP contribution in [0.4, 0.5) is 5.69 Å². The summed E-state index contributed by atoms with van der Waals surface area (Å²) in [5, 5.41) is 18.6. The SMILES string of the molecule is CCOc1ccccc1N1CCN(CC(O)COc2cccc(-c3nnc(CC)o3)c2)CC1. The number of rotatable bonds is 10. The van der Waals surface area contributed by atoms with E-state index in [1.807, 2.05) is 56.3 Å². The molecule has 1 fully saturated rings. The van der Waals surface area contributed by atoms with E-state index in [9.17, 15) is 5.11 Å². The molecule has 8 nitrogen and oxygen atoms in total. The first-order chi connectivity index (χ1) is 16.2. The summed E-state index contributed by atoms with van der Waals surface area (Å²) in [7, 11) is 0. The van der Waals surface area contributed by atoms with Crippen LogP contribution < -0.4 is 14.4 Å². The smallest absolute Gasteiger partial charge is 0.247 e. The Balaban J connectivity index is 1.25. The molecular formula is C25H32N4O4. The van der Waals surface area contributed by atoms with Crippen LogP contribution in [0.5, 0.6) is 11.5 Å². The fraction of sp³-hybridized carbons (Fsp3) is 0.440. The second kappa shape index (κ2) is 11.2. The summed E-state index contributed by atoms with van der Waals surface area (Å²) in [4.78, 5) is 4.62. The molecule has 0 spiro atoms. The van der Waals surface area contributed by atoms with Gasteiger partial charge in [0.25, 0.3) is 0 Å². The minimum atomic E-state index is -0.578. The minimum absolute atomic E-state index is 0.223. The number of aliphatic hydroxyl groups is 1. The molecule has 4 rings (SSSR count). The molecular weight excluding hydrogens is 420 g/mol. The quantitative estimate of drug-likeness (QED) is 0.502. The van der Waals surface area contributed by atoms with E-state index in [1.165, 1.54) is 0 Å². The molecule has 1 N–H and O–H groups in total. The van der Waals surface area contributed by atoms with E-state index in [0.717, 1.165) is 43.2 Å². The third-order valence-corrected chi connectivity index (χ3v) is 5.64. The van der Waals surface area contributed by atoms with Crippen molar-refractivity contribution >= 4 is 5.69 Å². The maximum atomic E-state index is 10.5. The third-order valence-electron chi connectivity index (χ3n) is 5.64. The van der Waals surface area contributed by atoms with E-state index in [1.54, 1.807) is 0 Å². The van der Waals surface area contributed by atoms with Crippen molar-refractivity contribution in [2.45, 2.75) is 26.4 Å². The van der Waals surface area contributed by atoms with E-state index in [4.69, 9.17) is 13.9 Å². The highest BCUT2D eigenvalue weighted by Crippen LogP contribution is 2.29. The van der Waals surface area contributed by atoms with Crippen molar-refractivity contribution in [3.8, 4) is 23.0 Å². The van der Waals surface area contributed by atoms with Crippen LogP contribution in [0.3, 0.4) is 0 Å². The summed E-state index contributed by atoms with van der Waals surface area (Å²) in [6, 6.07) is 15.7. The molecule has 3 aromatic rings. The summed E-state index contributed by atoms with van der Waals surface area (Å²) < 4.78 is 17.2. The standard InChI is InChI=1S/C25H32N4O4/c1-3-24-26-27-25(33-24)19-8-7-9-21(16-19)32-18-20(30)17-28-12-14-29(15-13-28)22-10-5-6-11-23(22)31-4-2/h5-11,16,20,30H,3-4,12-15,17-18H2,1-2H3. The molecule has 1 aromatic heterocycles. The number of ether oxygens (including phenoxy) is 2. The monoisotopic (exact) mass is 452 g/mol. The maximum Gasteiger partial charge on any atom is 0.247 e. The van der Waals surface area contributed by atoms with Crippen molar-refractivity contribution in [2.24, 2.45) is 0 Å². The molecule has 1 atom stereocenters.